The van der Waals surface area contributed by atoms with Gasteiger partial charge in [0.1, 0.15) is 0 Å². The number of carbonyl (C=O) groups is 1. The first-order valence-corrected chi connectivity index (χ1v) is 6.77. The highest BCUT2D eigenvalue weighted by molar-refractivity contribution is 5.92. The fourth-order valence-corrected chi connectivity index (χ4v) is 2.54. The minimum atomic E-state index is 0.0342. The Balaban J connectivity index is 1.87. The Hall–Kier alpha value is -1.39. The van der Waals surface area contributed by atoms with Gasteiger partial charge in [0.2, 0.25) is 5.91 Å². The fourth-order valence-electron chi connectivity index (χ4n) is 2.54. The van der Waals surface area contributed by atoms with Crippen molar-refractivity contribution in [3.05, 3.63) is 29.8 Å². The number of aryl methyl sites for hydroxylation is 1. The third-order valence-electron chi connectivity index (χ3n) is 3.16. The molecule has 0 unspecified atom stereocenters. The Bertz CT molecular complexity index is 438. The van der Waals surface area contributed by atoms with Crippen LogP contribution in [0.25, 0.3) is 0 Å². The van der Waals surface area contributed by atoms with E-state index < -0.39 is 0 Å². The minimum absolute atomic E-state index is 0.0342. The van der Waals surface area contributed by atoms with Crippen LogP contribution in [0.5, 0.6) is 0 Å². The molecule has 104 valence electrons. The molecule has 2 rings (SSSR count). The Morgan fingerprint density at radius 1 is 1.37 bits per heavy atom. The highest BCUT2D eigenvalue weighted by Crippen LogP contribution is 2.12. The predicted octanol–water partition coefficient (Wildman–Crippen LogP) is 2.04. The molecule has 0 saturated carbocycles. The van der Waals surface area contributed by atoms with Crippen LogP contribution in [0.4, 0.5) is 5.69 Å². The van der Waals surface area contributed by atoms with Gasteiger partial charge >= 0.3 is 0 Å². The number of hydrogen-bond donors (Lipinski definition) is 1. The molecule has 1 aromatic carbocycles. The summed E-state index contributed by atoms with van der Waals surface area (Å²) in [6, 6.07) is 7.85. The lowest BCUT2D eigenvalue weighted by Gasteiger charge is -2.34. The second-order valence-corrected chi connectivity index (χ2v) is 5.37. The number of hydrogen-bond acceptors (Lipinski definition) is 3. The number of carbonyl (C=O) groups excluding carboxylic acids is 1. The highest BCUT2D eigenvalue weighted by atomic mass is 16.5. The number of ether oxygens (including phenoxy) is 1. The van der Waals surface area contributed by atoms with Crippen molar-refractivity contribution in [3.8, 4) is 0 Å². The number of amides is 1. The quantitative estimate of drug-likeness (QED) is 0.906. The van der Waals surface area contributed by atoms with E-state index >= 15 is 0 Å². The Morgan fingerprint density at radius 2 is 2.05 bits per heavy atom. The smallest absolute Gasteiger partial charge is 0.238 e. The van der Waals surface area contributed by atoms with Gasteiger partial charge in [0.05, 0.1) is 18.8 Å². The molecule has 0 spiro atoms. The zero-order valence-electron chi connectivity index (χ0n) is 11.8. The molecule has 0 aliphatic carbocycles. The maximum Gasteiger partial charge on any atom is 0.238 e. The largest absolute Gasteiger partial charge is 0.373 e. The topological polar surface area (TPSA) is 41.6 Å². The van der Waals surface area contributed by atoms with Crippen molar-refractivity contribution in [3.63, 3.8) is 0 Å². The van der Waals surface area contributed by atoms with Gasteiger partial charge in [0.15, 0.2) is 0 Å². The summed E-state index contributed by atoms with van der Waals surface area (Å²) in [6.45, 7) is 8.15. The third kappa shape index (κ3) is 4.33. The van der Waals surface area contributed by atoms with Gasteiger partial charge in [-0.05, 0) is 38.5 Å². The summed E-state index contributed by atoms with van der Waals surface area (Å²) >= 11 is 0. The monoisotopic (exact) mass is 262 g/mol. The molecule has 4 heteroatoms. The first-order chi connectivity index (χ1) is 9.02. The number of benzene rings is 1. The van der Waals surface area contributed by atoms with Gasteiger partial charge in [-0.25, -0.2) is 0 Å². The second-order valence-electron chi connectivity index (χ2n) is 5.37. The normalized spacial score (nSPS) is 24.2. The molecular weight excluding hydrogens is 240 g/mol. The average molecular weight is 262 g/mol. The average Bonchev–Trinajstić information content (AvgIpc) is 2.26. The minimum Gasteiger partial charge on any atom is -0.373 e. The molecule has 1 amide bonds. The van der Waals surface area contributed by atoms with E-state index in [0.717, 1.165) is 24.3 Å². The van der Waals surface area contributed by atoms with Gasteiger partial charge in [-0.15, -0.1) is 0 Å². The van der Waals surface area contributed by atoms with Crippen LogP contribution in [0.3, 0.4) is 0 Å². The van der Waals surface area contributed by atoms with Gasteiger partial charge in [0.25, 0.3) is 0 Å². The van der Waals surface area contributed by atoms with E-state index in [9.17, 15) is 4.79 Å². The molecule has 1 N–H and O–H groups in total. The lowest BCUT2D eigenvalue weighted by molar-refractivity contribution is -0.121. The van der Waals surface area contributed by atoms with Crippen molar-refractivity contribution in [2.75, 3.05) is 25.0 Å². The van der Waals surface area contributed by atoms with Crippen LogP contribution >= 0.6 is 0 Å². The molecule has 1 aliphatic heterocycles. The van der Waals surface area contributed by atoms with Gasteiger partial charge in [-0.2, -0.15) is 0 Å². The first-order valence-electron chi connectivity index (χ1n) is 6.77. The third-order valence-corrected chi connectivity index (χ3v) is 3.16. The molecule has 1 fully saturated rings. The van der Waals surface area contributed by atoms with E-state index in [1.54, 1.807) is 0 Å². The predicted molar refractivity (Wildman–Crippen MR) is 76.3 cm³/mol. The van der Waals surface area contributed by atoms with Crippen molar-refractivity contribution in [2.24, 2.45) is 0 Å². The first kappa shape index (κ1) is 14.0. The van der Waals surface area contributed by atoms with E-state index in [1.165, 1.54) is 0 Å². The van der Waals surface area contributed by atoms with E-state index in [2.05, 4.69) is 10.2 Å². The van der Waals surface area contributed by atoms with E-state index in [-0.39, 0.29) is 18.1 Å². The Kier molecular flexibility index (Phi) is 4.56. The molecule has 1 heterocycles. The van der Waals surface area contributed by atoms with Crippen LogP contribution in [0, 0.1) is 6.92 Å². The van der Waals surface area contributed by atoms with Crippen molar-refractivity contribution in [1.29, 1.82) is 0 Å². The molecular formula is C15H22N2O2. The van der Waals surface area contributed by atoms with Crippen LogP contribution < -0.4 is 5.32 Å². The standard InChI is InChI=1S/C15H22N2O2/c1-11-5-4-6-14(7-11)16-15(18)10-17-8-12(2)19-13(3)9-17/h4-7,12-13H,8-10H2,1-3H3,(H,16,18)/t12-,13-/m1/s1. The highest BCUT2D eigenvalue weighted by Gasteiger charge is 2.23. The summed E-state index contributed by atoms with van der Waals surface area (Å²) in [7, 11) is 0. The molecule has 4 nitrogen and oxygen atoms in total. The molecule has 0 radical (unpaired) electrons. The molecule has 0 bridgehead atoms. The van der Waals surface area contributed by atoms with Crippen LogP contribution in [-0.2, 0) is 9.53 Å². The Labute approximate surface area is 114 Å². The fraction of sp³-hybridized carbons (Fsp3) is 0.533. The second kappa shape index (κ2) is 6.17. The summed E-state index contributed by atoms with van der Waals surface area (Å²) in [5.41, 5.74) is 2.01. The zero-order chi connectivity index (χ0) is 13.8. The molecule has 1 saturated heterocycles. The molecule has 1 aliphatic rings. The van der Waals surface area contributed by atoms with Crippen molar-refractivity contribution >= 4 is 11.6 Å². The van der Waals surface area contributed by atoms with Crippen LogP contribution in [0.1, 0.15) is 19.4 Å². The number of nitrogens with one attached hydrogen (secondary N) is 1. The van der Waals surface area contributed by atoms with Gasteiger partial charge in [-0.3, -0.25) is 9.69 Å². The SMILES string of the molecule is Cc1cccc(NC(=O)CN2C[C@@H](C)O[C@H](C)C2)c1. The van der Waals surface area contributed by atoms with E-state index in [1.807, 2.05) is 45.0 Å². The lowest BCUT2D eigenvalue weighted by Crippen LogP contribution is -2.48. The summed E-state index contributed by atoms with van der Waals surface area (Å²) in [6.07, 6.45) is 0.381. The summed E-state index contributed by atoms with van der Waals surface area (Å²) < 4.78 is 5.66. The number of nitrogens with zero attached hydrogens (tertiary/aromatic N) is 1. The number of rotatable bonds is 3. The molecule has 1 aromatic rings. The van der Waals surface area contributed by atoms with Crippen LogP contribution in [0.2, 0.25) is 0 Å². The number of anilines is 1. The zero-order valence-corrected chi connectivity index (χ0v) is 11.8. The van der Waals surface area contributed by atoms with E-state index in [4.69, 9.17) is 4.74 Å². The molecule has 2 atom stereocenters. The maximum atomic E-state index is 12.0. The molecule has 19 heavy (non-hydrogen) atoms. The van der Waals surface area contributed by atoms with E-state index in [0.29, 0.717) is 6.54 Å². The Morgan fingerprint density at radius 3 is 2.68 bits per heavy atom. The van der Waals surface area contributed by atoms with Crippen LogP contribution in [0.15, 0.2) is 24.3 Å². The summed E-state index contributed by atoms with van der Waals surface area (Å²) in [5.74, 6) is 0.0342. The number of morpholine rings is 1. The molecule has 0 aromatic heterocycles. The lowest BCUT2D eigenvalue weighted by atomic mass is 10.2. The van der Waals surface area contributed by atoms with Crippen molar-refractivity contribution in [1.82, 2.24) is 4.90 Å². The van der Waals surface area contributed by atoms with Gasteiger partial charge in [0, 0.05) is 18.8 Å². The van der Waals surface area contributed by atoms with Crippen molar-refractivity contribution in [2.45, 2.75) is 33.0 Å². The van der Waals surface area contributed by atoms with Crippen LogP contribution in [-0.4, -0.2) is 42.6 Å². The summed E-state index contributed by atoms with van der Waals surface area (Å²) in [5, 5.41) is 2.94. The van der Waals surface area contributed by atoms with Gasteiger partial charge in [-0.1, -0.05) is 12.1 Å². The van der Waals surface area contributed by atoms with Gasteiger partial charge < -0.3 is 10.1 Å². The maximum absolute atomic E-state index is 12.0. The van der Waals surface area contributed by atoms with Crippen molar-refractivity contribution < 1.29 is 9.53 Å². The summed E-state index contributed by atoms with van der Waals surface area (Å²) in [4.78, 5) is 14.2.